The topological polar surface area (TPSA) is 43.4 Å². The molecule has 2 aromatic carbocycles. The number of rotatable bonds is 6. The minimum Gasteiger partial charge on any atom is -0.460 e. The maximum Gasteiger partial charge on any atom is 0.306 e. The summed E-state index contributed by atoms with van der Waals surface area (Å²) < 4.78 is 5.32. The van der Waals surface area contributed by atoms with Crippen molar-refractivity contribution in [3.8, 4) is 0 Å². The molecule has 0 saturated carbocycles. The smallest absolute Gasteiger partial charge is 0.306 e. The van der Waals surface area contributed by atoms with Gasteiger partial charge < -0.3 is 4.74 Å². The molecule has 3 heteroatoms. The first-order chi connectivity index (χ1) is 11.2. The van der Waals surface area contributed by atoms with Gasteiger partial charge in [-0.2, -0.15) is 0 Å². The van der Waals surface area contributed by atoms with Gasteiger partial charge in [0.2, 0.25) is 0 Å². The summed E-state index contributed by atoms with van der Waals surface area (Å²) in [6.45, 7) is 7.47. The third-order valence-corrected chi connectivity index (χ3v) is 3.78. The zero-order valence-corrected chi connectivity index (χ0v) is 15.0. The van der Waals surface area contributed by atoms with Crippen molar-refractivity contribution >= 4 is 22.5 Å². The molecule has 128 valence electrons. The molecule has 0 aromatic heterocycles. The van der Waals surface area contributed by atoms with Crippen molar-refractivity contribution in [1.29, 1.82) is 0 Å². The molecule has 0 unspecified atom stereocenters. The van der Waals surface area contributed by atoms with E-state index in [1.165, 1.54) is 0 Å². The van der Waals surface area contributed by atoms with Crippen LogP contribution in [0.4, 0.5) is 0 Å². The fraction of sp³-hybridized carbons (Fsp3) is 0.429. The van der Waals surface area contributed by atoms with E-state index in [9.17, 15) is 9.59 Å². The molecule has 0 aliphatic heterocycles. The molecule has 0 spiro atoms. The number of fused-ring (bicyclic) bond motifs is 1. The molecule has 0 amide bonds. The summed E-state index contributed by atoms with van der Waals surface area (Å²) in [7, 11) is 0. The quantitative estimate of drug-likeness (QED) is 0.722. The van der Waals surface area contributed by atoms with Gasteiger partial charge in [-0.05, 0) is 43.0 Å². The van der Waals surface area contributed by atoms with Crippen molar-refractivity contribution < 1.29 is 14.3 Å². The maximum atomic E-state index is 12.4. The van der Waals surface area contributed by atoms with Gasteiger partial charge in [-0.1, -0.05) is 49.4 Å². The van der Waals surface area contributed by atoms with Crippen LogP contribution in [0.2, 0.25) is 0 Å². The molecule has 0 saturated heterocycles. The Morgan fingerprint density at radius 2 is 1.67 bits per heavy atom. The Labute approximate surface area is 144 Å². The summed E-state index contributed by atoms with van der Waals surface area (Å²) in [6.07, 6.45) is 1.07. The Kier molecular flexibility index (Phi) is 5.76. The van der Waals surface area contributed by atoms with Gasteiger partial charge in [-0.3, -0.25) is 9.59 Å². The van der Waals surface area contributed by atoms with Gasteiger partial charge in [0.15, 0.2) is 0 Å². The first-order valence-corrected chi connectivity index (χ1v) is 8.45. The van der Waals surface area contributed by atoms with Gasteiger partial charge >= 0.3 is 5.97 Å². The summed E-state index contributed by atoms with van der Waals surface area (Å²) in [5.74, 6) is -0.0994. The molecular formula is C21H26O3. The predicted octanol–water partition coefficient (Wildman–Crippen LogP) is 4.71. The normalized spacial score (nSPS) is 12.8. The summed E-state index contributed by atoms with van der Waals surface area (Å²) >= 11 is 0. The van der Waals surface area contributed by atoms with Crippen molar-refractivity contribution in [2.45, 2.75) is 52.6 Å². The van der Waals surface area contributed by atoms with E-state index in [0.717, 1.165) is 16.3 Å². The first kappa shape index (κ1) is 18.2. The highest BCUT2D eigenvalue weighted by molar-refractivity contribution is 5.91. The van der Waals surface area contributed by atoms with Crippen LogP contribution in [0.5, 0.6) is 0 Å². The van der Waals surface area contributed by atoms with Gasteiger partial charge in [0, 0.05) is 19.3 Å². The van der Waals surface area contributed by atoms with E-state index in [1.54, 1.807) is 0 Å². The standard InChI is InChI=1S/C21H26O3/c1-15(13-20(23)24-21(2,3)4)12-18(22)14-17-10-7-9-16-8-5-6-11-19(16)17/h5-11,15H,12-14H2,1-4H3/t15-/m0/s1. The number of esters is 1. The zero-order valence-electron chi connectivity index (χ0n) is 15.0. The fourth-order valence-electron chi connectivity index (χ4n) is 2.86. The van der Waals surface area contributed by atoms with E-state index in [2.05, 4.69) is 12.1 Å². The second-order valence-corrected chi connectivity index (χ2v) is 7.45. The Morgan fingerprint density at radius 1 is 1.00 bits per heavy atom. The molecule has 1 atom stereocenters. The Hall–Kier alpha value is -2.16. The van der Waals surface area contributed by atoms with Crippen molar-refractivity contribution in [3.63, 3.8) is 0 Å². The van der Waals surface area contributed by atoms with E-state index >= 15 is 0 Å². The van der Waals surface area contributed by atoms with Crippen molar-refractivity contribution in [3.05, 3.63) is 48.0 Å². The van der Waals surface area contributed by atoms with Crippen LogP contribution in [-0.2, 0) is 20.7 Å². The molecule has 3 nitrogen and oxygen atoms in total. The van der Waals surface area contributed by atoms with Gasteiger partial charge in [0.1, 0.15) is 11.4 Å². The first-order valence-electron chi connectivity index (χ1n) is 8.45. The Morgan fingerprint density at radius 3 is 2.38 bits per heavy atom. The summed E-state index contributed by atoms with van der Waals surface area (Å²) in [5, 5.41) is 2.26. The average molecular weight is 326 g/mol. The SMILES string of the molecule is C[C@@H](CC(=O)Cc1cccc2ccccc12)CC(=O)OC(C)(C)C. The minimum atomic E-state index is -0.482. The lowest BCUT2D eigenvalue weighted by Crippen LogP contribution is -2.25. The lowest BCUT2D eigenvalue weighted by Gasteiger charge is -2.20. The second kappa shape index (κ2) is 7.61. The molecular weight excluding hydrogens is 300 g/mol. The van der Waals surface area contributed by atoms with Crippen LogP contribution >= 0.6 is 0 Å². The molecule has 2 aromatic rings. The van der Waals surface area contributed by atoms with E-state index in [1.807, 2.05) is 58.0 Å². The lowest BCUT2D eigenvalue weighted by atomic mass is 9.95. The summed E-state index contributed by atoms with van der Waals surface area (Å²) in [5.41, 5.74) is 0.562. The van der Waals surface area contributed by atoms with Crippen LogP contribution in [0.3, 0.4) is 0 Å². The molecule has 0 aliphatic rings. The highest BCUT2D eigenvalue weighted by Crippen LogP contribution is 2.21. The van der Waals surface area contributed by atoms with Crippen molar-refractivity contribution in [1.82, 2.24) is 0 Å². The fourth-order valence-corrected chi connectivity index (χ4v) is 2.86. The predicted molar refractivity (Wildman–Crippen MR) is 96.9 cm³/mol. The Bertz CT molecular complexity index is 720. The van der Waals surface area contributed by atoms with Crippen molar-refractivity contribution in [2.24, 2.45) is 5.92 Å². The highest BCUT2D eigenvalue weighted by atomic mass is 16.6. The van der Waals surface area contributed by atoms with E-state index in [-0.39, 0.29) is 24.1 Å². The molecule has 0 aliphatic carbocycles. The molecule has 2 rings (SSSR count). The number of benzene rings is 2. The highest BCUT2D eigenvalue weighted by Gasteiger charge is 2.20. The van der Waals surface area contributed by atoms with E-state index < -0.39 is 5.60 Å². The number of hydrogen-bond donors (Lipinski definition) is 0. The summed E-state index contributed by atoms with van der Waals surface area (Å²) in [4.78, 5) is 24.2. The van der Waals surface area contributed by atoms with Crippen LogP contribution < -0.4 is 0 Å². The molecule has 0 heterocycles. The molecule has 0 fully saturated rings. The van der Waals surface area contributed by atoms with Crippen LogP contribution in [0.1, 0.15) is 46.1 Å². The van der Waals surface area contributed by atoms with Gasteiger partial charge in [-0.15, -0.1) is 0 Å². The van der Waals surface area contributed by atoms with Crippen LogP contribution in [-0.4, -0.2) is 17.4 Å². The number of Topliss-reactive ketones (excluding diaryl/α,β-unsaturated/α-hetero) is 1. The van der Waals surface area contributed by atoms with Gasteiger partial charge in [0.25, 0.3) is 0 Å². The maximum absolute atomic E-state index is 12.4. The second-order valence-electron chi connectivity index (χ2n) is 7.45. The monoisotopic (exact) mass is 326 g/mol. The molecule has 24 heavy (non-hydrogen) atoms. The Balaban J connectivity index is 1.94. The number of ether oxygens (including phenoxy) is 1. The molecule has 0 bridgehead atoms. The molecule has 0 radical (unpaired) electrons. The molecule has 0 N–H and O–H groups in total. The zero-order chi connectivity index (χ0) is 17.7. The minimum absolute atomic E-state index is 0.0117. The van der Waals surface area contributed by atoms with Crippen LogP contribution in [0.15, 0.2) is 42.5 Å². The third kappa shape index (κ3) is 5.48. The van der Waals surface area contributed by atoms with Crippen LogP contribution in [0.25, 0.3) is 10.8 Å². The number of ketones is 1. The summed E-state index contributed by atoms with van der Waals surface area (Å²) in [6, 6.07) is 14.1. The third-order valence-electron chi connectivity index (χ3n) is 3.78. The lowest BCUT2D eigenvalue weighted by molar-refractivity contribution is -0.155. The average Bonchev–Trinajstić information content (AvgIpc) is 2.45. The van der Waals surface area contributed by atoms with E-state index in [4.69, 9.17) is 4.74 Å². The number of carbonyl (C=O) groups is 2. The van der Waals surface area contributed by atoms with Crippen molar-refractivity contribution in [2.75, 3.05) is 0 Å². The van der Waals surface area contributed by atoms with Crippen LogP contribution in [0, 0.1) is 5.92 Å². The number of hydrogen-bond acceptors (Lipinski definition) is 3. The number of carbonyl (C=O) groups excluding carboxylic acids is 2. The largest absolute Gasteiger partial charge is 0.460 e. The van der Waals surface area contributed by atoms with Gasteiger partial charge in [-0.25, -0.2) is 0 Å². The van der Waals surface area contributed by atoms with E-state index in [0.29, 0.717) is 12.8 Å². The van der Waals surface area contributed by atoms with Gasteiger partial charge in [0.05, 0.1) is 0 Å².